The van der Waals surface area contributed by atoms with E-state index < -0.39 is 14.9 Å². The van der Waals surface area contributed by atoms with Gasteiger partial charge in [-0.05, 0) is 18.2 Å². The van der Waals surface area contributed by atoms with Crippen LogP contribution in [0.25, 0.3) is 0 Å². The number of hydrogen-bond donors (Lipinski definition) is 1. The summed E-state index contributed by atoms with van der Waals surface area (Å²) in [5, 5.41) is 10.9. The van der Waals surface area contributed by atoms with Crippen molar-refractivity contribution in [2.75, 3.05) is 18.1 Å². The molecule has 0 aliphatic rings. The average molecular weight is 338 g/mol. The van der Waals surface area contributed by atoms with Crippen molar-refractivity contribution in [2.45, 2.75) is 0 Å². The fraction of sp³-hybridized carbons (Fsp3) is 0.143. The van der Waals surface area contributed by atoms with E-state index in [0.29, 0.717) is 11.5 Å². The lowest BCUT2D eigenvalue weighted by atomic mass is 10.2. The minimum atomic E-state index is -3.57. The summed E-state index contributed by atoms with van der Waals surface area (Å²) in [5.74, 6) is 0.700. The first-order valence-electron chi connectivity index (χ1n) is 6.37. The number of methoxy groups -OCH3 is 1. The van der Waals surface area contributed by atoms with Crippen LogP contribution < -0.4 is 14.2 Å². The zero-order chi connectivity index (χ0) is 17.0. The van der Waals surface area contributed by atoms with Crippen LogP contribution in [0.1, 0.15) is 0 Å². The Kier molecular flexibility index (Phi) is 4.70. The molecule has 0 saturated carbocycles. The number of nitro groups is 1. The van der Waals surface area contributed by atoms with Gasteiger partial charge in [-0.2, -0.15) is 0 Å². The maximum Gasteiger partial charge on any atom is 0.273 e. The Morgan fingerprint density at radius 2 is 1.74 bits per heavy atom. The van der Waals surface area contributed by atoms with Gasteiger partial charge in [0.2, 0.25) is 10.0 Å². The van der Waals surface area contributed by atoms with E-state index >= 15 is 0 Å². The smallest absolute Gasteiger partial charge is 0.273 e. The van der Waals surface area contributed by atoms with E-state index in [9.17, 15) is 18.5 Å². The number of non-ortho nitro benzene ring substituents is 1. The minimum absolute atomic E-state index is 0.00544. The molecule has 0 amide bonds. The van der Waals surface area contributed by atoms with Gasteiger partial charge >= 0.3 is 0 Å². The van der Waals surface area contributed by atoms with Crippen LogP contribution in [0, 0.1) is 10.1 Å². The lowest BCUT2D eigenvalue weighted by Crippen LogP contribution is -2.10. The van der Waals surface area contributed by atoms with Crippen LogP contribution in [0.5, 0.6) is 17.2 Å². The maximum absolute atomic E-state index is 11.4. The molecule has 0 spiro atoms. The second-order valence-electron chi connectivity index (χ2n) is 4.56. The number of rotatable bonds is 6. The van der Waals surface area contributed by atoms with Crippen molar-refractivity contribution in [3.05, 3.63) is 52.6 Å². The van der Waals surface area contributed by atoms with Crippen LogP contribution in [0.3, 0.4) is 0 Å². The fourth-order valence-electron chi connectivity index (χ4n) is 1.81. The summed E-state index contributed by atoms with van der Waals surface area (Å²) in [4.78, 5) is 10.3. The highest BCUT2D eigenvalue weighted by atomic mass is 32.2. The van der Waals surface area contributed by atoms with E-state index in [-0.39, 0.29) is 17.1 Å². The Morgan fingerprint density at radius 1 is 1.09 bits per heavy atom. The van der Waals surface area contributed by atoms with Gasteiger partial charge in [0.05, 0.1) is 30.0 Å². The molecule has 0 bridgehead atoms. The fourth-order valence-corrected chi connectivity index (χ4v) is 2.38. The average Bonchev–Trinajstić information content (AvgIpc) is 2.48. The third-order valence-electron chi connectivity index (χ3n) is 2.76. The number of ether oxygens (including phenoxy) is 2. The summed E-state index contributed by atoms with van der Waals surface area (Å²) in [6.07, 6.45) is 0.974. The summed E-state index contributed by atoms with van der Waals surface area (Å²) in [7, 11) is -2.12. The van der Waals surface area contributed by atoms with E-state index in [0.717, 1.165) is 12.3 Å². The van der Waals surface area contributed by atoms with Crippen molar-refractivity contribution < 1.29 is 22.8 Å². The summed E-state index contributed by atoms with van der Waals surface area (Å²) in [6, 6.07) is 10.3. The molecule has 2 rings (SSSR count). The molecule has 0 aliphatic heterocycles. The number of hydrogen-bond acceptors (Lipinski definition) is 6. The Morgan fingerprint density at radius 3 is 2.30 bits per heavy atom. The van der Waals surface area contributed by atoms with Gasteiger partial charge in [-0.3, -0.25) is 14.8 Å². The van der Waals surface area contributed by atoms with Crippen molar-refractivity contribution in [1.82, 2.24) is 0 Å². The molecule has 2 aromatic carbocycles. The zero-order valence-electron chi connectivity index (χ0n) is 12.3. The van der Waals surface area contributed by atoms with E-state index in [1.165, 1.54) is 19.2 Å². The highest BCUT2D eigenvalue weighted by Crippen LogP contribution is 2.37. The zero-order valence-corrected chi connectivity index (χ0v) is 13.2. The van der Waals surface area contributed by atoms with Crippen LogP contribution in [-0.4, -0.2) is 26.7 Å². The molecule has 2 aromatic rings. The lowest BCUT2D eigenvalue weighted by Gasteiger charge is -2.13. The van der Waals surface area contributed by atoms with Gasteiger partial charge in [-0.1, -0.05) is 12.1 Å². The van der Waals surface area contributed by atoms with Gasteiger partial charge in [0.1, 0.15) is 0 Å². The van der Waals surface area contributed by atoms with Crippen molar-refractivity contribution >= 4 is 21.4 Å². The van der Waals surface area contributed by atoms with Gasteiger partial charge in [-0.15, -0.1) is 0 Å². The SMILES string of the molecule is COc1ccccc1Oc1cc([N+](=O)[O-])ccc1NS(C)(=O)=O. The van der Waals surface area contributed by atoms with Crippen molar-refractivity contribution in [2.24, 2.45) is 0 Å². The molecule has 9 heteroatoms. The molecule has 0 atom stereocenters. The predicted molar refractivity (Wildman–Crippen MR) is 84.6 cm³/mol. The molecule has 8 nitrogen and oxygen atoms in total. The first kappa shape index (κ1) is 16.6. The van der Waals surface area contributed by atoms with Crippen molar-refractivity contribution in [1.29, 1.82) is 0 Å². The molecule has 1 N–H and O–H groups in total. The summed E-state index contributed by atoms with van der Waals surface area (Å²) in [5.41, 5.74) is -0.141. The summed E-state index contributed by atoms with van der Waals surface area (Å²) in [6.45, 7) is 0. The minimum Gasteiger partial charge on any atom is -0.493 e. The number of sulfonamides is 1. The largest absolute Gasteiger partial charge is 0.493 e. The van der Waals surface area contributed by atoms with Gasteiger partial charge < -0.3 is 9.47 Å². The third kappa shape index (κ3) is 4.33. The molecule has 0 fully saturated rings. The number of para-hydroxylation sites is 2. The van der Waals surface area contributed by atoms with Crippen LogP contribution in [0.15, 0.2) is 42.5 Å². The second kappa shape index (κ2) is 6.53. The molecule has 0 heterocycles. The lowest BCUT2D eigenvalue weighted by molar-refractivity contribution is -0.384. The topological polar surface area (TPSA) is 108 Å². The van der Waals surface area contributed by atoms with Crippen LogP contribution >= 0.6 is 0 Å². The number of benzene rings is 2. The Bertz CT molecular complexity index is 835. The first-order valence-corrected chi connectivity index (χ1v) is 8.26. The van der Waals surface area contributed by atoms with Gasteiger partial charge in [0, 0.05) is 6.07 Å². The quantitative estimate of drug-likeness (QED) is 0.641. The van der Waals surface area contributed by atoms with Crippen LogP contribution in [0.4, 0.5) is 11.4 Å². The summed E-state index contributed by atoms with van der Waals surface area (Å²) < 4.78 is 35.9. The van der Waals surface area contributed by atoms with E-state index in [4.69, 9.17) is 9.47 Å². The molecule has 0 aromatic heterocycles. The van der Waals surface area contributed by atoms with Crippen molar-refractivity contribution in [3.63, 3.8) is 0 Å². The van der Waals surface area contributed by atoms with Gasteiger partial charge in [0.15, 0.2) is 17.2 Å². The number of anilines is 1. The Balaban J connectivity index is 2.48. The molecule has 122 valence electrons. The summed E-state index contributed by atoms with van der Waals surface area (Å²) >= 11 is 0. The first-order chi connectivity index (χ1) is 10.8. The van der Waals surface area contributed by atoms with Gasteiger partial charge in [0.25, 0.3) is 5.69 Å². The molecule has 0 aliphatic carbocycles. The second-order valence-corrected chi connectivity index (χ2v) is 6.31. The molecule has 0 saturated heterocycles. The number of nitrogens with zero attached hydrogens (tertiary/aromatic N) is 1. The Labute approximate surface area is 132 Å². The van der Waals surface area contributed by atoms with E-state index in [1.807, 2.05) is 0 Å². The predicted octanol–water partition coefficient (Wildman–Crippen LogP) is 2.77. The monoisotopic (exact) mass is 338 g/mol. The van der Waals surface area contributed by atoms with Gasteiger partial charge in [-0.25, -0.2) is 8.42 Å². The molecule has 0 radical (unpaired) electrons. The maximum atomic E-state index is 11.4. The third-order valence-corrected chi connectivity index (χ3v) is 3.35. The molecular weight excluding hydrogens is 324 g/mol. The highest BCUT2D eigenvalue weighted by molar-refractivity contribution is 7.92. The van der Waals surface area contributed by atoms with E-state index in [1.54, 1.807) is 24.3 Å². The molecule has 0 unspecified atom stereocenters. The van der Waals surface area contributed by atoms with E-state index in [2.05, 4.69) is 4.72 Å². The molecule has 23 heavy (non-hydrogen) atoms. The number of nitro benzene ring substituents is 1. The number of nitrogens with one attached hydrogen (secondary N) is 1. The van der Waals surface area contributed by atoms with Crippen molar-refractivity contribution in [3.8, 4) is 17.2 Å². The Hall–Kier alpha value is -2.81. The standard InChI is InChI=1S/C14H14N2O6S/c1-21-12-5-3-4-6-13(12)22-14-9-10(16(17)18)7-8-11(14)15-23(2,19)20/h3-9,15H,1-2H3. The molecular formula is C14H14N2O6S. The normalized spacial score (nSPS) is 10.9. The highest BCUT2D eigenvalue weighted by Gasteiger charge is 2.16. The van der Waals surface area contributed by atoms with Crippen LogP contribution in [-0.2, 0) is 10.0 Å². The van der Waals surface area contributed by atoms with Crippen LogP contribution in [0.2, 0.25) is 0 Å².